The molecular weight excluding hydrogens is 425 g/mol. The van der Waals surface area contributed by atoms with Gasteiger partial charge in [-0.15, -0.1) is 0 Å². The van der Waals surface area contributed by atoms with Gasteiger partial charge in [-0.3, -0.25) is 19.4 Å². The lowest BCUT2D eigenvalue weighted by molar-refractivity contribution is 0.00848. The monoisotopic (exact) mass is 453 g/mol. The second kappa shape index (κ2) is 8.94. The van der Waals surface area contributed by atoms with E-state index >= 15 is 0 Å². The predicted octanol–water partition coefficient (Wildman–Crippen LogP) is 3.72. The zero-order valence-corrected chi connectivity index (χ0v) is 19.1. The van der Waals surface area contributed by atoms with Gasteiger partial charge in [0.05, 0.1) is 17.2 Å². The molecule has 8 heteroatoms. The molecule has 0 aromatic heterocycles. The zero-order valence-electron chi connectivity index (χ0n) is 19.1. The van der Waals surface area contributed by atoms with Crippen LogP contribution in [-0.4, -0.2) is 70.9 Å². The van der Waals surface area contributed by atoms with Gasteiger partial charge in [0.25, 0.3) is 11.8 Å². The minimum atomic E-state index is -0.588. The van der Waals surface area contributed by atoms with E-state index in [-0.39, 0.29) is 24.5 Å². The van der Waals surface area contributed by atoms with E-state index < -0.39 is 17.5 Å². The van der Waals surface area contributed by atoms with Gasteiger partial charge in [-0.25, -0.2) is 9.18 Å². The Morgan fingerprint density at radius 1 is 0.939 bits per heavy atom. The number of benzene rings is 2. The van der Waals surface area contributed by atoms with Crippen molar-refractivity contribution in [3.05, 3.63) is 71.0 Å². The third-order valence-corrected chi connectivity index (χ3v) is 5.90. The highest BCUT2D eigenvalue weighted by Crippen LogP contribution is 2.30. The molecule has 2 aliphatic heterocycles. The van der Waals surface area contributed by atoms with Crippen LogP contribution in [0.3, 0.4) is 0 Å². The molecule has 2 heterocycles. The maximum atomic E-state index is 14.8. The number of hydrogen-bond donors (Lipinski definition) is 0. The van der Waals surface area contributed by atoms with Crippen LogP contribution >= 0.6 is 0 Å². The molecule has 0 spiro atoms. The highest BCUT2D eigenvalue weighted by Gasteiger charge is 2.39. The molecule has 0 saturated carbocycles. The Hall–Kier alpha value is -3.26. The number of nitrogens with zero attached hydrogens (tertiary/aromatic N) is 3. The standard InChI is InChI=1S/C25H28FN3O4/c1-25(2,3)33-24(32)28-14-12-27(13-15-28)21(19-10-6-7-11-20(19)26)16-29-22(30)17-8-4-5-9-18(17)23(29)31/h4-11,21H,12-16H2,1-3H3. The number of piperazine rings is 1. The Kier molecular flexibility index (Phi) is 6.21. The van der Waals surface area contributed by atoms with E-state index in [1.54, 1.807) is 47.4 Å². The second-order valence-corrected chi connectivity index (χ2v) is 9.31. The Morgan fingerprint density at radius 2 is 1.48 bits per heavy atom. The minimum Gasteiger partial charge on any atom is -0.444 e. The fraction of sp³-hybridized carbons (Fsp3) is 0.400. The van der Waals surface area contributed by atoms with E-state index in [2.05, 4.69) is 0 Å². The summed E-state index contributed by atoms with van der Waals surface area (Å²) in [5.41, 5.74) is 0.559. The van der Waals surface area contributed by atoms with Gasteiger partial charge < -0.3 is 9.64 Å². The SMILES string of the molecule is CC(C)(C)OC(=O)N1CCN(C(CN2C(=O)c3ccccc3C2=O)c2ccccc2F)CC1. The van der Waals surface area contributed by atoms with Crippen LogP contribution in [0.5, 0.6) is 0 Å². The summed E-state index contributed by atoms with van der Waals surface area (Å²) in [7, 11) is 0. The van der Waals surface area contributed by atoms with Crippen molar-refractivity contribution in [1.82, 2.24) is 14.7 Å². The van der Waals surface area contributed by atoms with Crippen molar-refractivity contribution in [1.29, 1.82) is 0 Å². The quantitative estimate of drug-likeness (QED) is 0.660. The van der Waals surface area contributed by atoms with E-state index in [9.17, 15) is 18.8 Å². The van der Waals surface area contributed by atoms with Crippen molar-refractivity contribution in [3.8, 4) is 0 Å². The van der Waals surface area contributed by atoms with Crippen molar-refractivity contribution in [2.24, 2.45) is 0 Å². The van der Waals surface area contributed by atoms with Crippen molar-refractivity contribution < 1.29 is 23.5 Å². The molecule has 3 amide bonds. The van der Waals surface area contributed by atoms with E-state index in [0.29, 0.717) is 42.9 Å². The van der Waals surface area contributed by atoms with Gasteiger partial charge in [0, 0.05) is 38.3 Å². The fourth-order valence-corrected chi connectivity index (χ4v) is 4.28. The van der Waals surface area contributed by atoms with Crippen LogP contribution in [-0.2, 0) is 4.74 Å². The molecule has 0 N–H and O–H groups in total. The molecule has 0 aliphatic carbocycles. The lowest BCUT2D eigenvalue weighted by atomic mass is 10.0. The third kappa shape index (κ3) is 4.75. The molecule has 7 nitrogen and oxygen atoms in total. The summed E-state index contributed by atoms with van der Waals surface area (Å²) in [5.74, 6) is -1.14. The Labute approximate surface area is 192 Å². The van der Waals surface area contributed by atoms with Gasteiger partial charge in [0.2, 0.25) is 0 Å². The minimum absolute atomic E-state index is 0.0275. The summed E-state index contributed by atoms with van der Waals surface area (Å²) in [4.78, 5) is 43.2. The van der Waals surface area contributed by atoms with Crippen molar-refractivity contribution in [2.45, 2.75) is 32.4 Å². The first-order valence-electron chi connectivity index (χ1n) is 11.1. The summed E-state index contributed by atoms with van der Waals surface area (Å²) >= 11 is 0. The number of fused-ring (bicyclic) bond motifs is 1. The molecule has 174 valence electrons. The van der Waals surface area contributed by atoms with Crippen LogP contribution in [0.25, 0.3) is 0 Å². The predicted molar refractivity (Wildman–Crippen MR) is 120 cm³/mol. The smallest absolute Gasteiger partial charge is 0.410 e. The largest absolute Gasteiger partial charge is 0.444 e. The van der Waals surface area contributed by atoms with Gasteiger partial charge in [-0.05, 0) is 39.0 Å². The Morgan fingerprint density at radius 3 is 2.03 bits per heavy atom. The van der Waals surface area contributed by atoms with Gasteiger partial charge in [-0.2, -0.15) is 0 Å². The first kappa shape index (κ1) is 22.9. The second-order valence-electron chi connectivity index (χ2n) is 9.31. The molecule has 1 fully saturated rings. The van der Waals surface area contributed by atoms with Crippen LogP contribution in [0, 0.1) is 5.82 Å². The zero-order chi connectivity index (χ0) is 23.8. The molecular formula is C25H28FN3O4. The first-order valence-corrected chi connectivity index (χ1v) is 11.1. The Bertz CT molecular complexity index is 1040. The summed E-state index contributed by atoms with van der Waals surface area (Å²) in [6.07, 6.45) is -0.384. The lowest BCUT2D eigenvalue weighted by Gasteiger charge is -2.40. The summed E-state index contributed by atoms with van der Waals surface area (Å²) in [6.45, 7) is 7.21. The van der Waals surface area contributed by atoms with E-state index in [1.165, 1.54) is 11.0 Å². The molecule has 1 unspecified atom stereocenters. The molecule has 1 saturated heterocycles. The normalized spacial score (nSPS) is 17.8. The molecule has 0 radical (unpaired) electrons. The van der Waals surface area contributed by atoms with E-state index in [1.807, 2.05) is 25.7 Å². The topological polar surface area (TPSA) is 70.2 Å². The lowest BCUT2D eigenvalue weighted by Crippen LogP contribution is -2.52. The molecule has 1 atom stereocenters. The summed E-state index contributed by atoms with van der Waals surface area (Å²) in [6, 6.07) is 12.6. The average Bonchev–Trinajstić information content (AvgIpc) is 3.02. The summed E-state index contributed by atoms with van der Waals surface area (Å²) in [5, 5.41) is 0. The van der Waals surface area contributed by atoms with Crippen LogP contribution in [0.1, 0.15) is 53.1 Å². The summed E-state index contributed by atoms with van der Waals surface area (Å²) < 4.78 is 20.3. The number of imide groups is 1. The highest BCUT2D eigenvalue weighted by atomic mass is 19.1. The number of halogens is 1. The van der Waals surface area contributed by atoms with Gasteiger partial charge in [-0.1, -0.05) is 30.3 Å². The number of rotatable bonds is 4. The third-order valence-electron chi connectivity index (χ3n) is 5.90. The van der Waals surface area contributed by atoms with Gasteiger partial charge in [0.15, 0.2) is 0 Å². The molecule has 2 aliphatic rings. The van der Waals surface area contributed by atoms with Gasteiger partial charge >= 0.3 is 6.09 Å². The fourth-order valence-electron chi connectivity index (χ4n) is 4.28. The van der Waals surface area contributed by atoms with Gasteiger partial charge in [0.1, 0.15) is 11.4 Å². The molecule has 0 bridgehead atoms. The van der Waals surface area contributed by atoms with E-state index in [0.717, 1.165) is 0 Å². The number of ether oxygens (including phenoxy) is 1. The highest BCUT2D eigenvalue weighted by molar-refractivity contribution is 6.21. The number of hydrogen-bond acceptors (Lipinski definition) is 5. The number of amides is 3. The van der Waals surface area contributed by atoms with Crippen LogP contribution in [0.15, 0.2) is 48.5 Å². The molecule has 33 heavy (non-hydrogen) atoms. The van der Waals surface area contributed by atoms with Crippen molar-refractivity contribution in [2.75, 3.05) is 32.7 Å². The number of carbonyl (C=O) groups excluding carboxylic acids is 3. The average molecular weight is 454 g/mol. The maximum absolute atomic E-state index is 14.8. The first-order chi connectivity index (χ1) is 15.7. The molecule has 2 aromatic rings. The van der Waals surface area contributed by atoms with Crippen LogP contribution in [0.2, 0.25) is 0 Å². The van der Waals surface area contributed by atoms with Crippen molar-refractivity contribution >= 4 is 17.9 Å². The van der Waals surface area contributed by atoms with E-state index in [4.69, 9.17) is 4.74 Å². The molecule has 4 rings (SSSR count). The van der Waals surface area contributed by atoms with Crippen LogP contribution < -0.4 is 0 Å². The number of carbonyl (C=O) groups is 3. The van der Waals surface area contributed by atoms with Crippen molar-refractivity contribution in [3.63, 3.8) is 0 Å². The molecule has 2 aromatic carbocycles. The van der Waals surface area contributed by atoms with Crippen LogP contribution in [0.4, 0.5) is 9.18 Å². The Balaban J connectivity index is 1.54. The maximum Gasteiger partial charge on any atom is 0.410 e.